The number of esters is 1. The van der Waals surface area contributed by atoms with Gasteiger partial charge in [0.25, 0.3) is 0 Å². The van der Waals surface area contributed by atoms with Crippen LogP contribution in [-0.2, 0) is 9.53 Å². The van der Waals surface area contributed by atoms with Gasteiger partial charge in [-0.25, -0.2) is 9.18 Å². The maximum atomic E-state index is 13.4. The number of hydrogen-bond acceptors (Lipinski definition) is 3. The lowest BCUT2D eigenvalue weighted by Gasteiger charge is -2.20. The number of aliphatic hydroxyl groups is 1. The molecule has 0 aliphatic carbocycles. The number of halogens is 3. The highest BCUT2D eigenvalue weighted by Gasteiger charge is 2.48. The first-order chi connectivity index (χ1) is 7.89. The quantitative estimate of drug-likeness (QED) is 0.829. The molecule has 0 saturated carbocycles. The van der Waals surface area contributed by atoms with Gasteiger partial charge in [0.2, 0.25) is 0 Å². The van der Waals surface area contributed by atoms with Gasteiger partial charge in [-0.2, -0.15) is 8.78 Å². The SMILES string of the molecule is CCOC(=O)C(F)(F)[C@H](O)c1ccc(F)cc1. The van der Waals surface area contributed by atoms with Gasteiger partial charge < -0.3 is 9.84 Å². The minimum atomic E-state index is -4.06. The Hall–Kier alpha value is -1.56. The number of benzene rings is 1. The summed E-state index contributed by atoms with van der Waals surface area (Å²) in [5, 5.41) is 9.36. The van der Waals surface area contributed by atoms with Crippen LogP contribution < -0.4 is 0 Å². The number of carbonyl (C=O) groups is 1. The van der Waals surface area contributed by atoms with Crippen molar-refractivity contribution >= 4 is 5.97 Å². The van der Waals surface area contributed by atoms with Crippen LogP contribution in [0, 0.1) is 5.82 Å². The second kappa shape index (κ2) is 5.18. The lowest BCUT2D eigenvalue weighted by Crippen LogP contribution is -2.37. The molecule has 6 heteroatoms. The second-order valence-corrected chi connectivity index (χ2v) is 3.30. The van der Waals surface area contributed by atoms with Crippen LogP contribution in [0.1, 0.15) is 18.6 Å². The summed E-state index contributed by atoms with van der Waals surface area (Å²) < 4.78 is 43.4. The molecule has 0 aliphatic heterocycles. The Labute approximate surface area is 95.8 Å². The molecule has 1 atom stereocenters. The molecule has 0 amide bonds. The minimum Gasteiger partial charge on any atom is -0.461 e. The predicted octanol–water partition coefficient (Wildman–Crippen LogP) is 2.06. The van der Waals surface area contributed by atoms with E-state index in [-0.39, 0.29) is 12.2 Å². The van der Waals surface area contributed by atoms with Crippen molar-refractivity contribution in [2.45, 2.75) is 19.0 Å². The number of hydrogen-bond donors (Lipinski definition) is 1. The molecule has 0 bridgehead atoms. The molecule has 3 nitrogen and oxygen atoms in total. The van der Waals surface area contributed by atoms with Gasteiger partial charge >= 0.3 is 11.9 Å². The fourth-order valence-corrected chi connectivity index (χ4v) is 1.19. The lowest BCUT2D eigenvalue weighted by molar-refractivity contribution is -0.189. The van der Waals surface area contributed by atoms with Crippen molar-refractivity contribution in [3.05, 3.63) is 35.6 Å². The van der Waals surface area contributed by atoms with E-state index >= 15 is 0 Å². The van der Waals surface area contributed by atoms with Crippen molar-refractivity contribution < 1.29 is 27.8 Å². The van der Waals surface area contributed by atoms with E-state index in [1.54, 1.807) is 0 Å². The summed E-state index contributed by atoms with van der Waals surface area (Å²) in [7, 11) is 0. The summed E-state index contributed by atoms with van der Waals surface area (Å²) in [5.74, 6) is -6.49. The third kappa shape index (κ3) is 2.97. The molecule has 1 aromatic rings. The van der Waals surface area contributed by atoms with Gasteiger partial charge in [0.1, 0.15) is 5.82 Å². The maximum absolute atomic E-state index is 13.4. The van der Waals surface area contributed by atoms with Gasteiger partial charge in [-0.3, -0.25) is 0 Å². The van der Waals surface area contributed by atoms with Crippen LogP contribution in [0.25, 0.3) is 0 Å². The molecule has 1 aromatic carbocycles. The number of rotatable bonds is 4. The van der Waals surface area contributed by atoms with Crippen molar-refractivity contribution in [1.29, 1.82) is 0 Å². The number of carbonyl (C=O) groups excluding carboxylic acids is 1. The third-order valence-electron chi connectivity index (χ3n) is 2.08. The molecular weight excluding hydrogens is 237 g/mol. The van der Waals surface area contributed by atoms with E-state index in [4.69, 9.17) is 0 Å². The lowest BCUT2D eigenvalue weighted by atomic mass is 10.0. The van der Waals surface area contributed by atoms with Crippen LogP contribution in [0.2, 0.25) is 0 Å². The molecule has 1 N–H and O–H groups in total. The standard InChI is InChI=1S/C11H11F3O3/c1-2-17-10(16)11(13,14)9(15)7-3-5-8(12)6-4-7/h3-6,9,15H,2H2,1H3/t9-/m1/s1. The van der Waals surface area contributed by atoms with E-state index in [0.717, 1.165) is 24.3 Å². The smallest absolute Gasteiger partial charge is 0.380 e. The minimum absolute atomic E-state index is 0.218. The maximum Gasteiger partial charge on any atom is 0.380 e. The number of alkyl halides is 2. The Morgan fingerprint density at radius 3 is 2.41 bits per heavy atom. The average Bonchev–Trinajstić information content (AvgIpc) is 2.29. The molecule has 0 unspecified atom stereocenters. The molecule has 17 heavy (non-hydrogen) atoms. The molecule has 0 heterocycles. The van der Waals surface area contributed by atoms with E-state index in [1.165, 1.54) is 6.92 Å². The normalized spacial score (nSPS) is 13.2. The highest BCUT2D eigenvalue weighted by molar-refractivity contribution is 5.78. The van der Waals surface area contributed by atoms with Crippen LogP contribution in [0.5, 0.6) is 0 Å². The summed E-state index contributed by atoms with van der Waals surface area (Å²) in [6, 6.07) is 3.79. The van der Waals surface area contributed by atoms with E-state index in [2.05, 4.69) is 4.74 Å². The first kappa shape index (κ1) is 13.5. The van der Waals surface area contributed by atoms with Crippen LogP contribution >= 0.6 is 0 Å². The molecule has 1 rings (SSSR count). The van der Waals surface area contributed by atoms with Crippen molar-refractivity contribution in [3.8, 4) is 0 Å². The monoisotopic (exact) mass is 248 g/mol. The number of aliphatic hydroxyl groups excluding tert-OH is 1. The molecule has 0 aromatic heterocycles. The fraction of sp³-hybridized carbons (Fsp3) is 0.364. The van der Waals surface area contributed by atoms with Crippen LogP contribution in [0.15, 0.2) is 24.3 Å². The molecule has 0 radical (unpaired) electrons. The van der Waals surface area contributed by atoms with Gasteiger partial charge in [-0.15, -0.1) is 0 Å². The summed E-state index contributed by atoms with van der Waals surface area (Å²) in [4.78, 5) is 10.9. The molecular formula is C11H11F3O3. The summed E-state index contributed by atoms with van der Waals surface area (Å²) in [6.07, 6.45) is -2.36. The first-order valence-corrected chi connectivity index (χ1v) is 4.88. The first-order valence-electron chi connectivity index (χ1n) is 4.88. The van der Waals surface area contributed by atoms with Crippen LogP contribution in [0.3, 0.4) is 0 Å². The van der Waals surface area contributed by atoms with E-state index in [0.29, 0.717) is 0 Å². The highest BCUT2D eigenvalue weighted by Crippen LogP contribution is 2.32. The Morgan fingerprint density at radius 2 is 1.94 bits per heavy atom. The predicted molar refractivity (Wildman–Crippen MR) is 52.9 cm³/mol. The van der Waals surface area contributed by atoms with Crippen molar-refractivity contribution in [2.24, 2.45) is 0 Å². The third-order valence-corrected chi connectivity index (χ3v) is 2.08. The van der Waals surface area contributed by atoms with Crippen molar-refractivity contribution in [3.63, 3.8) is 0 Å². The van der Waals surface area contributed by atoms with E-state index < -0.39 is 23.8 Å². The zero-order valence-corrected chi connectivity index (χ0v) is 8.99. The fourth-order valence-electron chi connectivity index (χ4n) is 1.19. The Kier molecular flexibility index (Phi) is 4.11. The van der Waals surface area contributed by atoms with Gasteiger partial charge in [0.15, 0.2) is 6.10 Å². The summed E-state index contributed by atoms with van der Waals surface area (Å²) in [6.45, 7) is 1.16. The average molecular weight is 248 g/mol. The Morgan fingerprint density at radius 1 is 1.41 bits per heavy atom. The zero-order valence-electron chi connectivity index (χ0n) is 8.99. The largest absolute Gasteiger partial charge is 0.461 e. The van der Waals surface area contributed by atoms with Crippen LogP contribution in [-0.4, -0.2) is 23.6 Å². The van der Waals surface area contributed by atoms with Crippen molar-refractivity contribution in [2.75, 3.05) is 6.61 Å². The van der Waals surface area contributed by atoms with Gasteiger partial charge in [0.05, 0.1) is 6.61 Å². The zero-order chi connectivity index (χ0) is 13.1. The topological polar surface area (TPSA) is 46.5 Å². The summed E-state index contributed by atoms with van der Waals surface area (Å²) in [5.41, 5.74) is -0.260. The van der Waals surface area contributed by atoms with Gasteiger partial charge in [0, 0.05) is 0 Å². The number of ether oxygens (including phenoxy) is 1. The van der Waals surface area contributed by atoms with Crippen LogP contribution in [0.4, 0.5) is 13.2 Å². The van der Waals surface area contributed by atoms with Crippen molar-refractivity contribution in [1.82, 2.24) is 0 Å². The molecule has 0 fully saturated rings. The molecule has 0 spiro atoms. The van der Waals surface area contributed by atoms with Gasteiger partial charge in [-0.1, -0.05) is 12.1 Å². The Bertz CT molecular complexity index is 389. The van der Waals surface area contributed by atoms with E-state index in [1.807, 2.05) is 0 Å². The summed E-state index contributed by atoms with van der Waals surface area (Å²) >= 11 is 0. The highest BCUT2D eigenvalue weighted by atomic mass is 19.3. The Balaban J connectivity index is 2.91. The molecule has 0 saturated heterocycles. The van der Waals surface area contributed by atoms with E-state index in [9.17, 15) is 23.1 Å². The molecule has 94 valence electrons. The second-order valence-electron chi connectivity index (χ2n) is 3.30. The molecule has 0 aliphatic rings. The van der Waals surface area contributed by atoms with Gasteiger partial charge in [-0.05, 0) is 24.6 Å².